The van der Waals surface area contributed by atoms with E-state index >= 15 is 0 Å². The summed E-state index contributed by atoms with van der Waals surface area (Å²) < 4.78 is 5.39. The Hall–Kier alpha value is -0.610. The summed E-state index contributed by atoms with van der Waals surface area (Å²) in [6, 6.07) is 0.712. The first-order valence-corrected chi connectivity index (χ1v) is 5.90. The first kappa shape index (κ1) is 10.9. The fraction of sp³-hybridized carbons (Fsp3) is 0.909. The van der Waals surface area contributed by atoms with Crippen molar-refractivity contribution in [2.24, 2.45) is 5.92 Å². The second-order valence-electron chi connectivity index (χ2n) is 4.58. The molecule has 4 nitrogen and oxygen atoms in total. The molecule has 0 aromatic carbocycles. The molecule has 86 valence electrons. The zero-order valence-corrected chi connectivity index (χ0v) is 9.29. The lowest BCUT2D eigenvalue weighted by Crippen LogP contribution is -2.40. The van der Waals surface area contributed by atoms with Gasteiger partial charge in [0.1, 0.15) is 6.10 Å². The highest BCUT2D eigenvalue weighted by Gasteiger charge is 2.30. The molecule has 2 fully saturated rings. The Morgan fingerprint density at radius 3 is 2.73 bits per heavy atom. The average Bonchev–Trinajstić information content (AvgIpc) is 2.94. The fourth-order valence-electron chi connectivity index (χ4n) is 1.88. The van der Waals surface area contributed by atoms with Crippen molar-refractivity contribution in [3.8, 4) is 0 Å². The van der Waals surface area contributed by atoms with E-state index in [1.54, 1.807) is 0 Å². The highest BCUT2D eigenvalue weighted by molar-refractivity contribution is 5.81. The van der Waals surface area contributed by atoms with Crippen molar-refractivity contribution < 1.29 is 9.53 Å². The van der Waals surface area contributed by atoms with Crippen molar-refractivity contribution in [1.29, 1.82) is 0 Å². The third kappa shape index (κ3) is 3.18. The van der Waals surface area contributed by atoms with Gasteiger partial charge in [-0.3, -0.25) is 4.79 Å². The average molecular weight is 212 g/mol. The van der Waals surface area contributed by atoms with E-state index in [-0.39, 0.29) is 12.0 Å². The van der Waals surface area contributed by atoms with Crippen LogP contribution in [0.4, 0.5) is 0 Å². The number of carbonyl (C=O) groups excluding carboxylic acids is 1. The van der Waals surface area contributed by atoms with Gasteiger partial charge in [0.2, 0.25) is 5.91 Å². The summed E-state index contributed by atoms with van der Waals surface area (Å²) in [6.45, 7) is 4.37. The maximum Gasteiger partial charge on any atom is 0.249 e. The molecule has 4 heteroatoms. The summed E-state index contributed by atoms with van der Waals surface area (Å²) in [5, 5.41) is 6.27. The van der Waals surface area contributed by atoms with Gasteiger partial charge in [0.25, 0.3) is 0 Å². The Morgan fingerprint density at radius 2 is 2.13 bits per heavy atom. The van der Waals surface area contributed by atoms with Gasteiger partial charge in [0.05, 0.1) is 0 Å². The predicted octanol–water partition coefficient (Wildman–Crippen LogP) is 0.280. The standard InChI is InChI=1S/C11H20N2O2/c1-8-4-7-15-10(8)11(14)13-6-5-12-9-2-3-9/h8-10,12H,2-7H2,1H3,(H,13,14). The summed E-state index contributed by atoms with van der Waals surface area (Å²) in [5.74, 6) is 0.416. The summed E-state index contributed by atoms with van der Waals surface area (Å²) in [4.78, 5) is 11.7. The van der Waals surface area contributed by atoms with E-state index in [0.717, 1.165) is 19.6 Å². The molecule has 15 heavy (non-hydrogen) atoms. The van der Waals surface area contributed by atoms with Crippen LogP contribution in [0.3, 0.4) is 0 Å². The van der Waals surface area contributed by atoms with Crippen molar-refractivity contribution >= 4 is 5.91 Å². The van der Waals surface area contributed by atoms with Crippen LogP contribution in [0.25, 0.3) is 0 Å². The number of amides is 1. The first-order chi connectivity index (χ1) is 7.27. The maximum absolute atomic E-state index is 11.7. The molecule has 2 rings (SSSR count). The highest BCUT2D eigenvalue weighted by Crippen LogP contribution is 2.20. The molecular formula is C11H20N2O2. The van der Waals surface area contributed by atoms with Crippen molar-refractivity contribution in [2.75, 3.05) is 19.7 Å². The Labute approximate surface area is 90.8 Å². The molecule has 1 heterocycles. The van der Waals surface area contributed by atoms with Crippen LogP contribution in [-0.2, 0) is 9.53 Å². The molecule has 1 aliphatic carbocycles. The number of hydrogen-bond donors (Lipinski definition) is 2. The largest absolute Gasteiger partial charge is 0.368 e. The van der Waals surface area contributed by atoms with Crippen molar-refractivity contribution in [1.82, 2.24) is 10.6 Å². The molecule has 2 N–H and O–H groups in total. The molecule has 1 amide bonds. The molecule has 0 aromatic heterocycles. The molecule has 0 aromatic rings. The summed E-state index contributed by atoms with van der Waals surface area (Å²) in [5.41, 5.74) is 0. The summed E-state index contributed by atoms with van der Waals surface area (Å²) in [6.07, 6.45) is 3.36. The fourth-order valence-corrected chi connectivity index (χ4v) is 1.88. The number of ether oxygens (including phenoxy) is 1. The third-order valence-electron chi connectivity index (χ3n) is 3.08. The second kappa shape index (κ2) is 4.94. The van der Waals surface area contributed by atoms with Crippen LogP contribution in [0.1, 0.15) is 26.2 Å². The van der Waals surface area contributed by atoms with E-state index in [1.165, 1.54) is 12.8 Å². The van der Waals surface area contributed by atoms with Gasteiger partial charge in [-0.05, 0) is 25.2 Å². The number of nitrogens with one attached hydrogen (secondary N) is 2. The van der Waals surface area contributed by atoms with Crippen molar-refractivity contribution in [3.63, 3.8) is 0 Å². The molecule has 0 radical (unpaired) electrons. The van der Waals surface area contributed by atoms with Crippen LogP contribution in [-0.4, -0.2) is 37.7 Å². The summed E-state index contributed by atoms with van der Waals surface area (Å²) in [7, 11) is 0. The monoisotopic (exact) mass is 212 g/mol. The molecule has 2 unspecified atom stereocenters. The predicted molar refractivity (Wildman–Crippen MR) is 57.6 cm³/mol. The first-order valence-electron chi connectivity index (χ1n) is 5.90. The van der Waals surface area contributed by atoms with Gasteiger partial charge in [-0.15, -0.1) is 0 Å². The van der Waals surface area contributed by atoms with Gasteiger partial charge in [0.15, 0.2) is 0 Å². The van der Waals surface area contributed by atoms with Gasteiger partial charge < -0.3 is 15.4 Å². The lowest BCUT2D eigenvalue weighted by molar-refractivity contribution is -0.131. The van der Waals surface area contributed by atoms with Gasteiger partial charge in [-0.25, -0.2) is 0 Å². The van der Waals surface area contributed by atoms with E-state index < -0.39 is 0 Å². The van der Waals surface area contributed by atoms with Gasteiger partial charge in [0, 0.05) is 25.7 Å². The van der Waals surface area contributed by atoms with Crippen LogP contribution in [0, 0.1) is 5.92 Å². The molecule has 1 saturated carbocycles. The van der Waals surface area contributed by atoms with Crippen LogP contribution in [0.15, 0.2) is 0 Å². The Balaban J connectivity index is 1.58. The summed E-state index contributed by atoms with van der Waals surface area (Å²) >= 11 is 0. The molecule has 0 spiro atoms. The van der Waals surface area contributed by atoms with Crippen LogP contribution < -0.4 is 10.6 Å². The van der Waals surface area contributed by atoms with E-state index in [0.29, 0.717) is 18.5 Å². The minimum Gasteiger partial charge on any atom is -0.368 e. The minimum absolute atomic E-state index is 0.0533. The SMILES string of the molecule is CC1CCOC1C(=O)NCCNC1CC1. The van der Waals surface area contributed by atoms with E-state index in [4.69, 9.17) is 4.74 Å². The van der Waals surface area contributed by atoms with E-state index in [2.05, 4.69) is 17.6 Å². The quantitative estimate of drug-likeness (QED) is 0.644. The minimum atomic E-state index is -0.217. The number of hydrogen-bond acceptors (Lipinski definition) is 3. The molecule has 2 aliphatic rings. The molecule has 2 atom stereocenters. The molecule has 0 bridgehead atoms. The van der Waals surface area contributed by atoms with Gasteiger partial charge in [-0.2, -0.15) is 0 Å². The highest BCUT2D eigenvalue weighted by atomic mass is 16.5. The van der Waals surface area contributed by atoms with Crippen molar-refractivity contribution in [2.45, 2.75) is 38.3 Å². The Morgan fingerprint density at radius 1 is 1.33 bits per heavy atom. The van der Waals surface area contributed by atoms with Crippen LogP contribution in [0.2, 0.25) is 0 Å². The smallest absolute Gasteiger partial charge is 0.249 e. The van der Waals surface area contributed by atoms with Crippen molar-refractivity contribution in [3.05, 3.63) is 0 Å². The van der Waals surface area contributed by atoms with Gasteiger partial charge >= 0.3 is 0 Å². The van der Waals surface area contributed by atoms with Crippen LogP contribution >= 0.6 is 0 Å². The van der Waals surface area contributed by atoms with E-state index in [9.17, 15) is 4.79 Å². The normalized spacial score (nSPS) is 30.5. The Bertz CT molecular complexity index is 229. The zero-order chi connectivity index (χ0) is 10.7. The molecular weight excluding hydrogens is 192 g/mol. The van der Waals surface area contributed by atoms with E-state index in [1.807, 2.05) is 0 Å². The third-order valence-corrected chi connectivity index (χ3v) is 3.08. The molecule has 1 saturated heterocycles. The maximum atomic E-state index is 11.7. The lowest BCUT2D eigenvalue weighted by atomic mass is 10.0. The molecule has 1 aliphatic heterocycles. The second-order valence-corrected chi connectivity index (χ2v) is 4.58. The number of rotatable bonds is 5. The van der Waals surface area contributed by atoms with Crippen LogP contribution in [0.5, 0.6) is 0 Å². The Kier molecular flexibility index (Phi) is 3.59. The van der Waals surface area contributed by atoms with Gasteiger partial charge in [-0.1, -0.05) is 6.92 Å². The number of carbonyl (C=O) groups is 1. The zero-order valence-electron chi connectivity index (χ0n) is 9.29. The lowest BCUT2D eigenvalue weighted by Gasteiger charge is -2.14. The topological polar surface area (TPSA) is 50.4 Å².